The van der Waals surface area contributed by atoms with E-state index in [2.05, 4.69) is 25.2 Å². The smallest absolute Gasteiger partial charge is 0.119 e. The van der Waals surface area contributed by atoms with Gasteiger partial charge in [0.2, 0.25) is 0 Å². The maximum Gasteiger partial charge on any atom is 0.119 e. The molecule has 0 spiro atoms. The highest BCUT2D eigenvalue weighted by molar-refractivity contribution is 5.28. The van der Waals surface area contributed by atoms with Gasteiger partial charge >= 0.3 is 0 Å². The maximum absolute atomic E-state index is 9.27. The number of hydrogen-bond acceptors (Lipinski definition) is 3. The molecule has 0 aliphatic carbocycles. The summed E-state index contributed by atoms with van der Waals surface area (Å²) in [7, 11) is 1.67. The molecule has 0 aromatic heterocycles. The number of aliphatic hydroxyl groups excluding tert-OH is 1. The Kier molecular flexibility index (Phi) is 6.01. The molecule has 0 amide bonds. The van der Waals surface area contributed by atoms with Gasteiger partial charge in [0.05, 0.1) is 13.7 Å². The standard InChI is InChI=1S/C14H23NO2/c1-11(2)7-13(10-16)15-9-12-5-4-6-14(8-12)17-3/h4-6,8,11,13,15-16H,7,9-10H2,1-3H3. The minimum absolute atomic E-state index is 0.168. The van der Waals surface area contributed by atoms with Gasteiger partial charge in [0, 0.05) is 12.6 Å². The lowest BCUT2D eigenvalue weighted by Crippen LogP contribution is -2.33. The normalized spacial score (nSPS) is 12.8. The van der Waals surface area contributed by atoms with E-state index >= 15 is 0 Å². The van der Waals surface area contributed by atoms with Crippen LogP contribution in [-0.4, -0.2) is 24.9 Å². The first kappa shape index (κ1) is 14.0. The molecule has 0 saturated heterocycles. The Hall–Kier alpha value is -1.06. The van der Waals surface area contributed by atoms with E-state index in [4.69, 9.17) is 4.74 Å². The topological polar surface area (TPSA) is 41.5 Å². The molecule has 0 heterocycles. The lowest BCUT2D eigenvalue weighted by Gasteiger charge is -2.18. The fourth-order valence-corrected chi connectivity index (χ4v) is 1.84. The first-order valence-corrected chi connectivity index (χ1v) is 6.13. The molecule has 1 atom stereocenters. The van der Waals surface area contributed by atoms with Gasteiger partial charge in [-0.05, 0) is 30.0 Å². The summed E-state index contributed by atoms with van der Waals surface area (Å²) < 4.78 is 5.18. The zero-order valence-electron chi connectivity index (χ0n) is 10.9. The monoisotopic (exact) mass is 237 g/mol. The predicted molar refractivity (Wildman–Crippen MR) is 70.2 cm³/mol. The van der Waals surface area contributed by atoms with Gasteiger partial charge in [0.15, 0.2) is 0 Å². The molecule has 17 heavy (non-hydrogen) atoms. The van der Waals surface area contributed by atoms with E-state index < -0.39 is 0 Å². The summed E-state index contributed by atoms with van der Waals surface area (Å²) in [5.74, 6) is 1.46. The summed E-state index contributed by atoms with van der Waals surface area (Å²) in [6.07, 6.45) is 0.987. The molecule has 96 valence electrons. The summed E-state index contributed by atoms with van der Waals surface area (Å²) in [6.45, 7) is 5.27. The van der Waals surface area contributed by atoms with E-state index in [0.29, 0.717) is 5.92 Å². The van der Waals surface area contributed by atoms with E-state index in [9.17, 15) is 5.11 Å². The minimum Gasteiger partial charge on any atom is -0.497 e. The lowest BCUT2D eigenvalue weighted by atomic mass is 10.0. The van der Waals surface area contributed by atoms with Crippen molar-refractivity contribution in [2.45, 2.75) is 32.9 Å². The van der Waals surface area contributed by atoms with Crippen molar-refractivity contribution in [3.63, 3.8) is 0 Å². The molecule has 1 aromatic rings. The zero-order valence-corrected chi connectivity index (χ0v) is 10.9. The Morgan fingerprint density at radius 2 is 2.12 bits per heavy atom. The number of rotatable bonds is 7. The van der Waals surface area contributed by atoms with Gasteiger partial charge < -0.3 is 15.2 Å². The van der Waals surface area contributed by atoms with Crippen LogP contribution in [0.5, 0.6) is 5.75 Å². The second-order valence-corrected chi connectivity index (χ2v) is 4.74. The van der Waals surface area contributed by atoms with Crippen LogP contribution in [-0.2, 0) is 6.54 Å². The average molecular weight is 237 g/mol. The highest BCUT2D eigenvalue weighted by Crippen LogP contribution is 2.13. The third kappa shape index (κ3) is 5.20. The quantitative estimate of drug-likeness (QED) is 0.764. The molecule has 3 heteroatoms. The third-order valence-corrected chi connectivity index (χ3v) is 2.71. The highest BCUT2D eigenvalue weighted by Gasteiger charge is 2.08. The van der Waals surface area contributed by atoms with Gasteiger partial charge in [-0.25, -0.2) is 0 Å². The lowest BCUT2D eigenvalue weighted by molar-refractivity contribution is 0.223. The van der Waals surface area contributed by atoms with Crippen LogP contribution >= 0.6 is 0 Å². The van der Waals surface area contributed by atoms with Crippen molar-refractivity contribution in [1.29, 1.82) is 0 Å². The molecule has 0 saturated carbocycles. The van der Waals surface area contributed by atoms with Crippen LogP contribution in [0.25, 0.3) is 0 Å². The summed E-state index contributed by atoms with van der Waals surface area (Å²) in [6, 6.07) is 8.14. The summed E-state index contributed by atoms with van der Waals surface area (Å²) >= 11 is 0. The number of hydrogen-bond donors (Lipinski definition) is 2. The van der Waals surface area contributed by atoms with E-state index in [1.807, 2.05) is 18.2 Å². The molecule has 1 rings (SSSR count). The van der Waals surface area contributed by atoms with Gasteiger partial charge in [-0.2, -0.15) is 0 Å². The van der Waals surface area contributed by atoms with Crippen molar-refractivity contribution in [3.05, 3.63) is 29.8 Å². The second-order valence-electron chi connectivity index (χ2n) is 4.74. The van der Waals surface area contributed by atoms with E-state index in [-0.39, 0.29) is 12.6 Å². The van der Waals surface area contributed by atoms with Crippen LogP contribution in [0, 0.1) is 5.92 Å². The Balaban J connectivity index is 2.47. The third-order valence-electron chi connectivity index (χ3n) is 2.71. The molecular weight excluding hydrogens is 214 g/mol. The number of ether oxygens (including phenoxy) is 1. The molecule has 1 aromatic carbocycles. The summed E-state index contributed by atoms with van der Waals surface area (Å²) in [4.78, 5) is 0. The highest BCUT2D eigenvalue weighted by atomic mass is 16.5. The Morgan fingerprint density at radius 3 is 2.71 bits per heavy atom. The Labute approximate surface area is 104 Å². The van der Waals surface area contributed by atoms with Crippen LogP contribution in [0.15, 0.2) is 24.3 Å². The number of benzene rings is 1. The molecule has 2 N–H and O–H groups in total. The summed E-state index contributed by atoms with van der Waals surface area (Å²) in [5.41, 5.74) is 1.17. The van der Waals surface area contributed by atoms with Crippen molar-refractivity contribution in [2.75, 3.05) is 13.7 Å². The predicted octanol–water partition coefficient (Wildman–Crippen LogP) is 2.19. The first-order chi connectivity index (χ1) is 8.15. The fraction of sp³-hybridized carbons (Fsp3) is 0.571. The second kappa shape index (κ2) is 7.30. The van der Waals surface area contributed by atoms with Crippen molar-refractivity contribution in [2.24, 2.45) is 5.92 Å². The number of methoxy groups -OCH3 is 1. The van der Waals surface area contributed by atoms with Gasteiger partial charge in [-0.15, -0.1) is 0 Å². The molecule has 0 aliphatic rings. The average Bonchev–Trinajstić information content (AvgIpc) is 2.34. The molecular formula is C14H23NO2. The summed E-state index contributed by atoms with van der Waals surface area (Å²) in [5, 5.41) is 12.6. The molecule has 0 fully saturated rings. The van der Waals surface area contributed by atoms with Gasteiger partial charge in [0.1, 0.15) is 5.75 Å². The fourth-order valence-electron chi connectivity index (χ4n) is 1.84. The SMILES string of the molecule is COc1cccc(CNC(CO)CC(C)C)c1. The van der Waals surface area contributed by atoms with Crippen LogP contribution in [0.4, 0.5) is 0 Å². The molecule has 0 bridgehead atoms. The maximum atomic E-state index is 9.27. The van der Waals surface area contributed by atoms with Crippen molar-refractivity contribution in [1.82, 2.24) is 5.32 Å². The van der Waals surface area contributed by atoms with Crippen molar-refractivity contribution < 1.29 is 9.84 Å². The van der Waals surface area contributed by atoms with Crippen LogP contribution in [0.1, 0.15) is 25.8 Å². The van der Waals surface area contributed by atoms with Crippen LogP contribution in [0.3, 0.4) is 0 Å². The Bertz CT molecular complexity index is 326. The van der Waals surface area contributed by atoms with E-state index in [0.717, 1.165) is 18.7 Å². The number of aliphatic hydroxyl groups is 1. The van der Waals surface area contributed by atoms with Gasteiger partial charge in [-0.1, -0.05) is 26.0 Å². The van der Waals surface area contributed by atoms with Crippen molar-refractivity contribution >= 4 is 0 Å². The molecule has 3 nitrogen and oxygen atoms in total. The molecule has 1 unspecified atom stereocenters. The Morgan fingerprint density at radius 1 is 1.35 bits per heavy atom. The van der Waals surface area contributed by atoms with Gasteiger partial charge in [-0.3, -0.25) is 0 Å². The van der Waals surface area contributed by atoms with E-state index in [1.54, 1.807) is 7.11 Å². The van der Waals surface area contributed by atoms with E-state index in [1.165, 1.54) is 5.56 Å². The number of nitrogens with one attached hydrogen (secondary N) is 1. The zero-order chi connectivity index (χ0) is 12.7. The van der Waals surface area contributed by atoms with Crippen LogP contribution in [0.2, 0.25) is 0 Å². The molecule has 0 aliphatic heterocycles. The first-order valence-electron chi connectivity index (χ1n) is 6.13. The van der Waals surface area contributed by atoms with Gasteiger partial charge in [0.25, 0.3) is 0 Å². The largest absolute Gasteiger partial charge is 0.497 e. The minimum atomic E-state index is 0.168. The molecule has 0 radical (unpaired) electrons. The van der Waals surface area contributed by atoms with Crippen LogP contribution < -0.4 is 10.1 Å². The van der Waals surface area contributed by atoms with Crippen molar-refractivity contribution in [3.8, 4) is 5.75 Å².